The van der Waals surface area contributed by atoms with Crippen LogP contribution in [0.1, 0.15) is 55.0 Å². The molecular weight excluding hydrogens is 630 g/mol. The number of benzene rings is 2. The van der Waals surface area contributed by atoms with Gasteiger partial charge in [-0.05, 0) is 38.1 Å². The summed E-state index contributed by atoms with van der Waals surface area (Å²) in [6.45, 7) is 2.12. The lowest BCUT2D eigenvalue weighted by Gasteiger charge is -2.61. The zero-order valence-electron chi connectivity index (χ0n) is 26.4. The number of carbonyl (C=O) groups excluding carboxylic acids is 4. The van der Waals surface area contributed by atoms with E-state index in [9.17, 15) is 39.3 Å². The molecule has 2 bridgehead atoms. The van der Waals surface area contributed by atoms with Crippen LogP contribution in [0.25, 0.3) is 0 Å². The van der Waals surface area contributed by atoms with E-state index in [1.165, 1.54) is 12.1 Å². The molecule has 4 aliphatic rings. The van der Waals surface area contributed by atoms with E-state index >= 15 is 0 Å². The van der Waals surface area contributed by atoms with Gasteiger partial charge in [0, 0.05) is 43.0 Å². The molecule has 2 aromatic carbocycles. The van der Waals surface area contributed by atoms with Crippen LogP contribution in [0.4, 0.5) is 0 Å². The number of ether oxygens (including phenoxy) is 5. The highest BCUT2D eigenvalue weighted by molar-refractivity contribution is 5.90. The van der Waals surface area contributed by atoms with Crippen molar-refractivity contribution in [2.75, 3.05) is 13.6 Å². The Morgan fingerprint density at radius 1 is 0.979 bits per heavy atom. The van der Waals surface area contributed by atoms with Gasteiger partial charge >= 0.3 is 29.8 Å². The highest BCUT2D eigenvalue weighted by Gasteiger charge is 2.72. The largest absolute Gasteiger partial charge is 0.481 e. The highest BCUT2D eigenvalue weighted by Crippen LogP contribution is 2.64. The molecule has 2 aliphatic carbocycles. The second-order valence-electron chi connectivity index (χ2n) is 12.4. The van der Waals surface area contributed by atoms with Crippen molar-refractivity contribution in [3.63, 3.8) is 0 Å². The fraction of sp³-hybridized carbons (Fsp3) is 0.441. The third-order valence-corrected chi connectivity index (χ3v) is 9.73. The summed E-state index contributed by atoms with van der Waals surface area (Å²) in [6.07, 6.45) is -4.60. The maximum absolute atomic E-state index is 14.0. The monoisotopic (exact) mass is 665 g/mol. The minimum absolute atomic E-state index is 0.0674. The number of hydrogen-bond donors (Lipinski definition) is 3. The Morgan fingerprint density at radius 3 is 2.31 bits per heavy atom. The summed E-state index contributed by atoms with van der Waals surface area (Å²) >= 11 is 0. The molecule has 254 valence electrons. The molecule has 1 saturated heterocycles. The van der Waals surface area contributed by atoms with Crippen molar-refractivity contribution in [1.29, 1.82) is 0 Å². The van der Waals surface area contributed by atoms with Gasteiger partial charge in [-0.15, -0.1) is 0 Å². The van der Waals surface area contributed by atoms with Crippen LogP contribution in [-0.4, -0.2) is 93.6 Å². The quantitative estimate of drug-likeness (QED) is 0.242. The first-order valence-electron chi connectivity index (χ1n) is 15.4. The minimum atomic E-state index is -2.27. The maximum atomic E-state index is 14.0. The predicted molar refractivity (Wildman–Crippen MR) is 161 cm³/mol. The number of rotatable bonds is 10. The van der Waals surface area contributed by atoms with Crippen molar-refractivity contribution in [3.8, 4) is 5.75 Å². The van der Waals surface area contributed by atoms with E-state index in [1.807, 2.05) is 13.1 Å². The van der Waals surface area contributed by atoms with E-state index in [0.29, 0.717) is 30.7 Å². The molecular formula is C34H35NO13. The van der Waals surface area contributed by atoms with E-state index in [4.69, 9.17) is 23.7 Å². The lowest BCUT2D eigenvalue weighted by molar-refractivity contribution is -0.194. The number of carboxylic acid groups (broad SMARTS) is 1. The van der Waals surface area contributed by atoms with Gasteiger partial charge in [0.05, 0.1) is 17.6 Å². The number of nitrogens with zero attached hydrogens (tertiary/aromatic N) is 1. The fourth-order valence-corrected chi connectivity index (χ4v) is 7.70. The lowest BCUT2D eigenvalue weighted by atomic mass is 9.50. The highest BCUT2D eigenvalue weighted by atomic mass is 16.6. The topological polar surface area (TPSA) is 195 Å². The third-order valence-electron chi connectivity index (χ3n) is 9.73. The number of hydrogen-bond acceptors (Lipinski definition) is 13. The molecule has 14 heteroatoms. The Labute approximate surface area is 274 Å². The molecule has 2 aromatic rings. The molecule has 2 heterocycles. The number of aliphatic carboxylic acids is 1. The van der Waals surface area contributed by atoms with Crippen molar-refractivity contribution in [1.82, 2.24) is 4.90 Å². The molecule has 1 fully saturated rings. The molecule has 0 unspecified atom stereocenters. The van der Waals surface area contributed by atoms with Crippen LogP contribution in [0.15, 0.2) is 54.3 Å². The summed E-state index contributed by atoms with van der Waals surface area (Å²) in [6, 6.07) is 11.2. The second-order valence-corrected chi connectivity index (χ2v) is 12.4. The summed E-state index contributed by atoms with van der Waals surface area (Å²) in [7, 11) is 1.95. The van der Waals surface area contributed by atoms with Gasteiger partial charge in [-0.2, -0.15) is 0 Å². The van der Waals surface area contributed by atoms with Gasteiger partial charge in [0.25, 0.3) is 0 Å². The van der Waals surface area contributed by atoms with Gasteiger partial charge < -0.3 is 43.9 Å². The molecule has 6 rings (SSSR count). The Morgan fingerprint density at radius 2 is 1.67 bits per heavy atom. The standard InChI is InChI=1S/C34H35NO13/c1-17(37)44-27(30(39)40)28(45-18(2)38)32(42)48-26(19-7-5-4-6-8-19)31(41)46-22-11-12-34(43)23-15-20-9-10-21(16-36)25-24(20)33(34,29(22)47-25)13-14-35(23)3/h4-11,23,26-29,36,43H,12-16H2,1-3H3,(H,39,40)/t23-,26+,27-,28-,29+,33+,34-/m1/s1. The van der Waals surface area contributed by atoms with E-state index < -0.39 is 65.3 Å². The molecule has 7 atom stereocenters. The van der Waals surface area contributed by atoms with E-state index in [-0.39, 0.29) is 30.4 Å². The summed E-state index contributed by atoms with van der Waals surface area (Å²) in [4.78, 5) is 64.9. The number of carboxylic acids is 1. The number of aliphatic hydroxyl groups excluding tert-OH is 1. The average Bonchev–Trinajstić information content (AvgIpc) is 3.40. The van der Waals surface area contributed by atoms with Gasteiger partial charge in [0.1, 0.15) is 11.5 Å². The van der Waals surface area contributed by atoms with Crippen LogP contribution in [0, 0.1) is 0 Å². The molecule has 2 aliphatic heterocycles. The normalized spacial score (nSPS) is 26.8. The first-order valence-corrected chi connectivity index (χ1v) is 15.4. The van der Waals surface area contributed by atoms with Gasteiger partial charge in [0.15, 0.2) is 6.10 Å². The van der Waals surface area contributed by atoms with Gasteiger partial charge in [0.2, 0.25) is 18.3 Å². The predicted octanol–water partition coefficient (Wildman–Crippen LogP) is 1.23. The summed E-state index contributed by atoms with van der Waals surface area (Å²) in [5, 5.41) is 32.2. The Hall–Kier alpha value is -4.79. The molecule has 0 amide bonds. The van der Waals surface area contributed by atoms with E-state index in [0.717, 1.165) is 25.0 Å². The van der Waals surface area contributed by atoms with Crippen LogP contribution in [0.2, 0.25) is 0 Å². The van der Waals surface area contributed by atoms with E-state index in [2.05, 4.69) is 4.90 Å². The number of piperidine rings is 1. The van der Waals surface area contributed by atoms with Crippen LogP contribution < -0.4 is 4.74 Å². The van der Waals surface area contributed by atoms with Gasteiger partial charge in [-0.25, -0.2) is 14.4 Å². The van der Waals surface area contributed by atoms with Crippen molar-refractivity contribution in [2.24, 2.45) is 0 Å². The minimum Gasteiger partial charge on any atom is -0.481 e. The third kappa shape index (κ3) is 5.20. The molecule has 0 aromatic heterocycles. The Bertz CT molecular complexity index is 1710. The van der Waals surface area contributed by atoms with Crippen LogP contribution in [0.5, 0.6) is 5.75 Å². The van der Waals surface area contributed by atoms with Crippen LogP contribution >= 0.6 is 0 Å². The lowest BCUT2D eigenvalue weighted by Crippen LogP contribution is -2.74. The smallest absolute Gasteiger partial charge is 0.357 e. The Balaban J connectivity index is 1.35. The SMILES string of the molecule is CC(=O)O[C@@H](C(=O)O)[C@@H](OC(C)=O)C(=O)O[C@H](C(=O)OC1=CC[C@@]2(O)[C@H]3Cc4ccc(CO)c5c4[C@@]2(CCN3C)[C@H]1O5)c1ccccc1. The Kier molecular flexibility index (Phi) is 8.52. The first kappa shape index (κ1) is 33.1. The zero-order valence-corrected chi connectivity index (χ0v) is 26.4. The van der Waals surface area contributed by atoms with Crippen molar-refractivity contribution in [3.05, 3.63) is 76.6 Å². The number of carbonyl (C=O) groups is 5. The number of aliphatic hydroxyl groups is 2. The van der Waals surface area contributed by atoms with Crippen molar-refractivity contribution < 1.29 is 63.0 Å². The average molecular weight is 666 g/mol. The molecule has 3 N–H and O–H groups in total. The molecule has 48 heavy (non-hydrogen) atoms. The molecule has 1 spiro atoms. The second kappa shape index (κ2) is 12.3. The zero-order chi connectivity index (χ0) is 34.5. The van der Waals surface area contributed by atoms with Crippen molar-refractivity contribution >= 4 is 29.8 Å². The summed E-state index contributed by atoms with van der Waals surface area (Å²) < 4.78 is 27.6. The van der Waals surface area contributed by atoms with Crippen molar-refractivity contribution in [2.45, 2.75) is 81.2 Å². The maximum Gasteiger partial charge on any atom is 0.357 e. The van der Waals surface area contributed by atoms with Gasteiger partial charge in [-0.1, -0.05) is 42.5 Å². The molecule has 0 radical (unpaired) electrons. The van der Waals surface area contributed by atoms with Crippen LogP contribution in [-0.2, 0) is 61.4 Å². The number of likely N-dealkylation sites (tertiary alicyclic amines) is 1. The molecule has 0 saturated carbocycles. The van der Waals surface area contributed by atoms with Crippen LogP contribution in [0.3, 0.4) is 0 Å². The summed E-state index contributed by atoms with van der Waals surface area (Å²) in [5.41, 5.74) is 0.107. The fourth-order valence-electron chi connectivity index (χ4n) is 7.70. The van der Waals surface area contributed by atoms with Gasteiger partial charge in [-0.3, -0.25) is 9.59 Å². The van der Waals surface area contributed by atoms with E-state index in [1.54, 1.807) is 30.3 Å². The number of esters is 4. The first-order chi connectivity index (χ1) is 22.8. The number of likely N-dealkylation sites (N-methyl/N-ethyl adjacent to an activating group) is 1. The molecule has 14 nitrogen and oxygen atoms in total. The summed E-state index contributed by atoms with van der Waals surface area (Å²) in [5.74, 6) is -6.01.